The molecule has 2 heterocycles. The first-order valence-electron chi connectivity index (χ1n) is 8.56. The van der Waals surface area contributed by atoms with Crippen molar-refractivity contribution in [3.05, 3.63) is 11.6 Å². The molecular weight excluding hydrogens is 280 g/mol. The maximum absolute atomic E-state index is 12.5. The summed E-state index contributed by atoms with van der Waals surface area (Å²) in [7, 11) is 0. The summed E-state index contributed by atoms with van der Waals surface area (Å²) in [5, 5.41) is 0. The summed E-state index contributed by atoms with van der Waals surface area (Å²) in [6.45, 7) is 3.93. The zero-order valence-corrected chi connectivity index (χ0v) is 13.3. The summed E-state index contributed by atoms with van der Waals surface area (Å²) in [6, 6.07) is 0. The highest BCUT2D eigenvalue weighted by atomic mass is 16.5. The molecule has 0 saturated carbocycles. The second kappa shape index (κ2) is 7.27. The summed E-state index contributed by atoms with van der Waals surface area (Å²) < 4.78 is 5.28. The van der Waals surface area contributed by atoms with Gasteiger partial charge in [-0.15, -0.1) is 0 Å². The van der Waals surface area contributed by atoms with Gasteiger partial charge < -0.3 is 14.5 Å². The van der Waals surface area contributed by atoms with E-state index in [1.54, 1.807) is 0 Å². The van der Waals surface area contributed by atoms with Gasteiger partial charge in [0.25, 0.3) is 0 Å². The predicted molar refractivity (Wildman–Crippen MR) is 83.3 cm³/mol. The lowest BCUT2D eigenvalue weighted by Gasteiger charge is -2.29. The summed E-state index contributed by atoms with van der Waals surface area (Å²) in [4.78, 5) is 28.4. The average Bonchev–Trinajstić information content (AvgIpc) is 2.95. The molecule has 1 aliphatic carbocycles. The molecule has 5 heteroatoms. The molecule has 3 aliphatic rings. The van der Waals surface area contributed by atoms with E-state index < -0.39 is 0 Å². The van der Waals surface area contributed by atoms with E-state index >= 15 is 0 Å². The minimum atomic E-state index is -0.147. The Morgan fingerprint density at radius 2 is 2.09 bits per heavy atom. The van der Waals surface area contributed by atoms with Gasteiger partial charge in [-0.1, -0.05) is 11.6 Å². The number of morpholine rings is 1. The van der Waals surface area contributed by atoms with Crippen LogP contribution in [0.1, 0.15) is 38.5 Å². The van der Waals surface area contributed by atoms with Crippen molar-refractivity contribution in [2.75, 3.05) is 39.4 Å². The molecule has 0 spiro atoms. The molecule has 0 aromatic carbocycles. The van der Waals surface area contributed by atoms with Crippen molar-refractivity contribution in [1.29, 1.82) is 0 Å². The number of likely N-dealkylation sites (tertiary alicyclic amines) is 1. The molecule has 122 valence electrons. The predicted octanol–water partition coefficient (Wildman–Crippen LogP) is 1.58. The standard InChI is InChI=1S/C17H26N2O3/c20-16-12-15(17(21)18-8-10-22-11-9-18)13-19(16)7-6-14-4-2-1-3-5-14/h4,15H,1-3,5-13H2. The van der Waals surface area contributed by atoms with Crippen LogP contribution in [0.2, 0.25) is 0 Å². The normalized spacial score (nSPS) is 26.3. The molecule has 1 atom stereocenters. The molecule has 5 nitrogen and oxygen atoms in total. The summed E-state index contributed by atoms with van der Waals surface area (Å²) in [6.07, 6.45) is 8.62. The van der Waals surface area contributed by atoms with E-state index in [-0.39, 0.29) is 17.7 Å². The topological polar surface area (TPSA) is 49.9 Å². The van der Waals surface area contributed by atoms with Gasteiger partial charge in [-0.3, -0.25) is 9.59 Å². The number of carbonyl (C=O) groups is 2. The molecule has 0 aromatic heterocycles. The molecule has 0 bridgehead atoms. The van der Waals surface area contributed by atoms with Crippen LogP contribution in [-0.2, 0) is 14.3 Å². The van der Waals surface area contributed by atoms with Crippen molar-refractivity contribution in [3.63, 3.8) is 0 Å². The third kappa shape index (κ3) is 3.69. The van der Waals surface area contributed by atoms with Crippen LogP contribution in [0.4, 0.5) is 0 Å². The Hall–Kier alpha value is -1.36. The Balaban J connectivity index is 1.49. The quantitative estimate of drug-likeness (QED) is 0.741. The second-order valence-corrected chi connectivity index (χ2v) is 6.54. The fraction of sp³-hybridized carbons (Fsp3) is 0.765. The van der Waals surface area contributed by atoms with Gasteiger partial charge in [-0.05, 0) is 32.1 Å². The molecule has 2 saturated heterocycles. The minimum absolute atomic E-state index is 0.135. The van der Waals surface area contributed by atoms with E-state index in [1.807, 2.05) is 9.80 Å². The summed E-state index contributed by atoms with van der Waals surface area (Å²) in [5.41, 5.74) is 1.49. The van der Waals surface area contributed by atoms with E-state index in [1.165, 1.54) is 31.3 Å². The number of nitrogens with zero attached hydrogens (tertiary/aromatic N) is 2. The van der Waals surface area contributed by atoms with Crippen molar-refractivity contribution < 1.29 is 14.3 Å². The van der Waals surface area contributed by atoms with Crippen LogP contribution in [0.5, 0.6) is 0 Å². The van der Waals surface area contributed by atoms with Crippen LogP contribution in [0.15, 0.2) is 11.6 Å². The van der Waals surface area contributed by atoms with Gasteiger partial charge in [0.1, 0.15) is 0 Å². The number of hydrogen-bond acceptors (Lipinski definition) is 3. The van der Waals surface area contributed by atoms with Gasteiger partial charge in [-0.25, -0.2) is 0 Å². The Bertz CT molecular complexity index is 455. The highest BCUT2D eigenvalue weighted by molar-refractivity contribution is 5.89. The highest BCUT2D eigenvalue weighted by Crippen LogP contribution is 2.24. The Labute approximate surface area is 132 Å². The highest BCUT2D eigenvalue weighted by Gasteiger charge is 2.36. The van der Waals surface area contributed by atoms with Crippen LogP contribution in [-0.4, -0.2) is 61.0 Å². The zero-order chi connectivity index (χ0) is 15.4. The largest absolute Gasteiger partial charge is 0.378 e. The van der Waals surface area contributed by atoms with Crippen molar-refractivity contribution >= 4 is 11.8 Å². The van der Waals surface area contributed by atoms with Gasteiger partial charge in [-0.2, -0.15) is 0 Å². The van der Waals surface area contributed by atoms with Crippen molar-refractivity contribution in [2.45, 2.75) is 38.5 Å². The van der Waals surface area contributed by atoms with E-state index in [0.717, 1.165) is 13.0 Å². The lowest BCUT2D eigenvalue weighted by Crippen LogP contribution is -2.44. The Morgan fingerprint density at radius 1 is 1.27 bits per heavy atom. The molecule has 2 amide bonds. The molecule has 0 aromatic rings. The zero-order valence-electron chi connectivity index (χ0n) is 13.3. The van der Waals surface area contributed by atoms with Gasteiger partial charge >= 0.3 is 0 Å². The van der Waals surface area contributed by atoms with E-state index in [4.69, 9.17) is 4.74 Å². The number of rotatable bonds is 4. The Morgan fingerprint density at radius 3 is 2.82 bits per heavy atom. The van der Waals surface area contributed by atoms with Gasteiger partial charge in [0.05, 0.1) is 19.1 Å². The van der Waals surface area contributed by atoms with Crippen molar-refractivity contribution in [1.82, 2.24) is 9.80 Å². The number of ether oxygens (including phenoxy) is 1. The molecule has 2 fully saturated rings. The lowest BCUT2D eigenvalue weighted by molar-refractivity contribution is -0.139. The molecule has 3 rings (SSSR count). The van der Waals surface area contributed by atoms with Crippen molar-refractivity contribution in [3.8, 4) is 0 Å². The van der Waals surface area contributed by atoms with Crippen LogP contribution >= 0.6 is 0 Å². The van der Waals surface area contributed by atoms with Crippen LogP contribution in [0, 0.1) is 5.92 Å². The fourth-order valence-electron chi connectivity index (χ4n) is 3.61. The SMILES string of the molecule is O=C1CC(C(=O)N2CCOCC2)CN1CCC1=CCCCC1. The minimum Gasteiger partial charge on any atom is -0.378 e. The van der Waals surface area contributed by atoms with Crippen LogP contribution in [0.25, 0.3) is 0 Å². The third-order valence-electron chi connectivity index (χ3n) is 4.97. The number of hydrogen-bond donors (Lipinski definition) is 0. The van der Waals surface area contributed by atoms with Crippen LogP contribution in [0.3, 0.4) is 0 Å². The molecular formula is C17H26N2O3. The monoisotopic (exact) mass is 306 g/mol. The smallest absolute Gasteiger partial charge is 0.228 e. The maximum Gasteiger partial charge on any atom is 0.228 e. The van der Waals surface area contributed by atoms with E-state index in [9.17, 15) is 9.59 Å². The molecule has 0 radical (unpaired) electrons. The number of carbonyl (C=O) groups excluding carboxylic acids is 2. The summed E-state index contributed by atoms with van der Waals surface area (Å²) in [5.74, 6) is 0.130. The van der Waals surface area contributed by atoms with Gasteiger partial charge in [0.2, 0.25) is 11.8 Å². The third-order valence-corrected chi connectivity index (χ3v) is 4.97. The first-order valence-corrected chi connectivity index (χ1v) is 8.56. The number of allylic oxidation sites excluding steroid dienone is 1. The summed E-state index contributed by atoms with van der Waals surface area (Å²) >= 11 is 0. The van der Waals surface area contributed by atoms with E-state index in [2.05, 4.69) is 6.08 Å². The van der Waals surface area contributed by atoms with Gasteiger partial charge in [0.15, 0.2) is 0 Å². The second-order valence-electron chi connectivity index (χ2n) is 6.54. The first kappa shape index (κ1) is 15.5. The first-order chi connectivity index (χ1) is 10.7. The molecule has 2 aliphatic heterocycles. The van der Waals surface area contributed by atoms with Gasteiger partial charge in [0, 0.05) is 32.6 Å². The van der Waals surface area contributed by atoms with Crippen LogP contribution < -0.4 is 0 Å². The lowest BCUT2D eigenvalue weighted by atomic mass is 9.97. The Kier molecular flexibility index (Phi) is 5.13. The average molecular weight is 306 g/mol. The maximum atomic E-state index is 12.5. The number of amides is 2. The van der Waals surface area contributed by atoms with E-state index in [0.29, 0.717) is 39.3 Å². The molecule has 0 N–H and O–H groups in total. The molecule has 1 unspecified atom stereocenters. The fourth-order valence-corrected chi connectivity index (χ4v) is 3.61. The van der Waals surface area contributed by atoms with Crippen molar-refractivity contribution in [2.24, 2.45) is 5.92 Å². The molecule has 22 heavy (non-hydrogen) atoms.